The van der Waals surface area contributed by atoms with Gasteiger partial charge in [-0.2, -0.15) is 0 Å². The second-order valence-corrected chi connectivity index (χ2v) is 9.74. The quantitative estimate of drug-likeness (QED) is 0.617. The number of carbonyl (C=O) groups is 3. The number of carbonyl (C=O) groups excluding carboxylic acids is 3. The van der Waals surface area contributed by atoms with Crippen LogP contribution in [0.5, 0.6) is 11.5 Å². The molecule has 1 saturated heterocycles. The number of fused-ring (bicyclic) bond motifs is 1. The highest BCUT2D eigenvalue weighted by molar-refractivity contribution is 6.09. The number of imide groups is 1. The number of hydrogen-bond donors (Lipinski definition) is 1. The Morgan fingerprint density at radius 3 is 2.47 bits per heavy atom. The molecule has 0 bridgehead atoms. The highest BCUT2D eigenvalue weighted by Crippen LogP contribution is 2.37. The normalized spacial score (nSPS) is 21.9. The van der Waals surface area contributed by atoms with E-state index >= 15 is 0 Å². The molecular weight excluding hydrogens is 465 g/mol. The molecule has 1 aliphatic carbocycles. The molecule has 0 aromatic heterocycles. The zero-order valence-corrected chi connectivity index (χ0v) is 20.3. The molecule has 2 aromatic carbocycles. The molecular formula is C27H30FN3O5. The molecule has 2 aromatic rings. The highest BCUT2D eigenvalue weighted by Gasteiger charge is 2.50. The molecule has 0 radical (unpaired) electrons. The predicted molar refractivity (Wildman–Crippen MR) is 129 cm³/mol. The van der Waals surface area contributed by atoms with Crippen LogP contribution in [0.2, 0.25) is 0 Å². The maximum atomic E-state index is 13.5. The van der Waals surface area contributed by atoms with E-state index in [4.69, 9.17) is 9.47 Å². The van der Waals surface area contributed by atoms with Crippen LogP contribution < -0.4 is 14.8 Å². The molecule has 1 saturated carbocycles. The Labute approximate surface area is 209 Å². The number of ether oxygens (including phenoxy) is 2. The van der Waals surface area contributed by atoms with Gasteiger partial charge in [-0.3, -0.25) is 14.5 Å². The third kappa shape index (κ3) is 4.62. The van der Waals surface area contributed by atoms with Gasteiger partial charge in [0.25, 0.3) is 5.91 Å². The summed E-state index contributed by atoms with van der Waals surface area (Å²) in [4.78, 5) is 42.7. The molecule has 9 heteroatoms. The topological polar surface area (TPSA) is 88.2 Å². The average molecular weight is 496 g/mol. The molecule has 2 heterocycles. The smallest absolute Gasteiger partial charge is 0.325 e. The highest BCUT2D eigenvalue weighted by atomic mass is 19.1. The van der Waals surface area contributed by atoms with E-state index in [0.717, 1.165) is 42.6 Å². The fourth-order valence-electron chi connectivity index (χ4n) is 5.22. The summed E-state index contributed by atoms with van der Waals surface area (Å²) in [5.74, 6) is -0.0447. The van der Waals surface area contributed by atoms with Crippen molar-refractivity contribution in [2.24, 2.45) is 0 Å². The Bertz CT molecular complexity index is 1160. The molecule has 2 aliphatic heterocycles. The maximum absolute atomic E-state index is 13.5. The molecule has 3 aliphatic rings. The zero-order chi connectivity index (χ0) is 25.3. The monoisotopic (exact) mass is 495 g/mol. The van der Waals surface area contributed by atoms with Gasteiger partial charge in [0.2, 0.25) is 5.91 Å². The second-order valence-electron chi connectivity index (χ2n) is 9.74. The van der Waals surface area contributed by atoms with E-state index in [9.17, 15) is 18.8 Å². The molecule has 8 nitrogen and oxygen atoms in total. The Balaban J connectivity index is 1.35. The average Bonchev–Trinajstić information content (AvgIpc) is 3.12. The van der Waals surface area contributed by atoms with Gasteiger partial charge < -0.3 is 19.7 Å². The van der Waals surface area contributed by atoms with Crippen LogP contribution in [0.1, 0.15) is 50.2 Å². The lowest BCUT2D eigenvalue weighted by molar-refractivity contribution is -0.141. The van der Waals surface area contributed by atoms with Crippen LogP contribution in [-0.2, 0) is 21.7 Å². The van der Waals surface area contributed by atoms with Crippen LogP contribution in [0, 0.1) is 5.82 Å². The first-order chi connectivity index (χ1) is 17.3. The standard InChI is InChI=1S/C27H30FN3O5/c1-27(19-9-12-22-23(15-19)36-14-13-35-22)25(33)31(26(34)29-27)17-24(32)30(21-5-3-2-4-6-21)16-18-7-10-20(28)11-8-18/h7-12,15,21H,2-6,13-14,16-17H2,1H3,(H,29,34)/t27-/m1/s1. The minimum Gasteiger partial charge on any atom is -0.486 e. The molecule has 36 heavy (non-hydrogen) atoms. The van der Waals surface area contributed by atoms with E-state index in [1.54, 1.807) is 42.2 Å². The van der Waals surface area contributed by atoms with Gasteiger partial charge in [-0.05, 0) is 55.2 Å². The number of hydrogen-bond acceptors (Lipinski definition) is 5. The van der Waals surface area contributed by atoms with E-state index in [-0.39, 0.29) is 24.3 Å². The minimum absolute atomic E-state index is 0.0150. The molecule has 5 rings (SSSR count). The number of amides is 4. The molecule has 0 unspecified atom stereocenters. The third-order valence-corrected chi connectivity index (χ3v) is 7.29. The molecule has 0 spiro atoms. The summed E-state index contributed by atoms with van der Waals surface area (Å²) < 4.78 is 24.6. The third-order valence-electron chi connectivity index (χ3n) is 7.29. The molecule has 190 valence electrons. The lowest BCUT2D eigenvalue weighted by Gasteiger charge is -2.35. The summed E-state index contributed by atoms with van der Waals surface area (Å²) in [6, 6.07) is 10.6. The van der Waals surface area contributed by atoms with Gasteiger partial charge >= 0.3 is 6.03 Å². The first-order valence-corrected chi connectivity index (χ1v) is 12.4. The number of halogens is 1. The van der Waals surface area contributed by atoms with Gasteiger partial charge in [0.15, 0.2) is 11.5 Å². The summed E-state index contributed by atoms with van der Waals surface area (Å²) in [6.45, 7) is 2.42. The van der Waals surface area contributed by atoms with Crippen molar-refractivity contribution in [3.05, 3.63) is 59.4 Å². The van der Waals surface area contributed by atoms with E-state index in [2.05, 4.69) is 5.32 Å². The molecule has 1 N–H and O–H groups in total. The van der Waals surface area contributed by atoms with Gasteiger partial charge in [0, 0.05) is 12.6 Å². The Hall–Kier alpha value is -3.62. The van der Waals surface area contributed by atoms with Crippen molar-refractivity contribution in [3.63, 3.8) is 0 Å². The SMILES string of the molecule is C[C@]1(c2ccc3c(c2)OCCO3)NC(=O)N(CC(=O)N(Cc2ccc(F)cc2)C2CCCCC2)C1=O. The van der Waals surface area contributed by atoms with E-state index in [0.29, 0.717) is 36.8 Å². The van der Waals surface area contributed by atoms with Gasteiger partial charge in [-0.25, -0.2) is 9.18 Å². The van der Waals surface area contributed by atoms with Crippen LogP contribution in [0.3, 0.4) is 0 Å². The van der Waals surface area contributed by atoms with Crippen molar-refractivity contribution < 1.29 is 28.2 Å². The molecule has 1 atom stereocenters. The van der Waals surface area contributed by atoms with Gasteiger partial charge in [0.1, 0.15) is 31.1 Å². The van der Waals surface area contributed by atoms with Crippen molar-refractivity contribution in [1.29, 1.82) is 0 Å². The molecule has 4 amide bonds. The van der Waals surface area contributed by atoms with Crippen molar-refractivity contribution in [2.45, 2.75) is 57.2 Å². The Morgan fingerprint density at radius 1 is 1.06 bits per heavy atom. The largest absolute Gasteiger partial charge is 0.486 e. The fourth-order valence-corrected chi connectivity index (χ4v) is 5.22. The summed E-state index contributed by atoms with van der Waals surface area (Å²) in [5.41, 5.74) is 0.0175. The van der Waals surface area contributed by atoms with Gasteiger partial charge in [0.05, 0.1) is 0 Å². The van der Waals surface area contributed by atoms with Gasteiger partial charge in [-0.15, -0.1) is 0 Å². The summed E-state index contributed by atoms with van der Waals surface area (Å²) in [6.07, 6.45) is 4.88. The van der Waals surface area contributed by atoms with Crippen LogP contribution in [0.15, 0.2) is 42.5 Å². The van der Waals surface area contributed by atoms with Crippen molar-refractivity contribution in [1.82, 2.24) is 15.1 Å². The van der Waals surface area contributed by atoms with Crippen molar-refractivity contribution >= 4 is 17.8 Å². The number of nitrogens with zero attached hydrogens (tertiary/aromatic N) is 2. The Kier molecular flexibility index (Phi) is 6.55. The Morgan fingerprint density at radius 2 is 1.75 bits per heavy atom. The minimum atomic E-state index is -1.33. The number of benzene rings is 2. The van der Waals surface area contributed by atoms with E-state index in [1.165, 1.54) is 12.1 Å². The lowest BCUT2D eigenvalue weighted by Crippen LogP contribution is -2.48. The maximum Gasteiger partial charge on any atom is 0.325 e. The van der Waals surface area contributed by atoms with Crippen molar-refractivity contribution in [2.75, 3.05) is 19.8 Å². The van der Waals surface area contributed by atoms with E-state index < -0.39 is 17.5 Å². The first kappa shape index (κ1) is 24.1. The number of urea groups is 1. The van der Waals surface area contributed by atoms with Crippen LogP contribution >= 0.6 is 0 Å². The van der Waals surface area contributed by atoms with Crippen LogP contribution in [0.4, 0.5) is 9.18 Å². The predicted octanol–water partition coefficient (Wildman–Crippen LogP) is 3.73. The van der Waals surface area contributed by atoms with Crippen molar-refractivity contribution in [3.8, 4) is 11.5 Å². The summed E-state index contributed by atoms with van der Waals surface area (Å²) >= 11 is 0. The second kappa shape index (κ2) is 9.79. The number of nitrogens with one attached hydrogen (secondary N) is 1. The van der Waals surface area contributed by atoms with Crippen LogP contribution in [-0.4, -0.2) is 53.4 Å². The lowest BCUT2D eigenvalue weighted by atomic mass is 9.91. The summed E-state index contributed by atoms with van der Waals surface area (Å²) in [5, 5.41) is 2.76. The number of rotatable bonds is 6. The molecule has 2 fully saturated rings. The first-order valence-electron chi connectivity index (χ1n) is 12.4. The zero-order valence-electron chi connectivity index (χ0n) is 20.3. The van der Waals surface area contributed by atoms with E-state index in [1.807, 2.05) is 0 Å². The van der Waals surface area contributed by atoms with Crippen LogP contribution in [0.25, 0.3) is 0 Å². The van der Waals surface area contributed by atoms with Gasteiger partial charge in [-0.1, -0.05) is 37.5 Å². The fraction of sp³-hybridized carbons (Fsp3) is 0.444. The summed E-state index contributed by atoms with van der Waals surface area (Å²) in [7, 11) is 0.